The molecule has 0 heterocycles. The molecule has 13 heteroatoms. The Bertz CT molecular complexity index is 417. The van der Waals surface area contributed by atoms with E-state index in [2.05, 4.69) is 4.52 Å². The Morgan fingerprint density at radius 1 is 0.905 bits per heavy atom. The smallest absolute Gasteiger partial charge is 0.470 e. The Labute approximate surface area is 117 Å². The molecule has 0 aromatic heterocycles. The third kappa shape index (κ3) is 6.56. The van der Waals surface area contributed by atoms with Gasteiger partial charge >= 0.3 is 13.8 Å². The fourth-order valence-corrected chi connectivity index (χ4v) is 1.44. The number of carboxylic acids is 1. The number of hydrogen-bond acceptors (Lipinski definition) is 9. The second-order valence-electron chi connectivity index (χ2n) is 3.93. The van der Waals surface area contributed by atoms with Crippen LogP contribution < -0.4 is 0 Å². The number of Topliss-reactive ketones (excluding diaryl/α,β-unsaturated/α-hetero) is 1. The van der Waals surface area contributed by atoms with Crippen LogP contribution in [0.3, 0.4) is 0 Å². The highest BCUT2D eigenvalue weighted by atomic mass is 31.2. The van der Waals surface area contributed by atoms with Crippen molar-refractivity contribution in [2.75, 3.05) is 6.61 Å². The summed E-state index contributed by atoms with van der Waals surface area (Å²) in [4.78, 5) is 38.2. The minimum Gasteiger partial charge on any atom is -0.479 e. The molecule has 0 rings (SSSR count). The van der Waals surface area contributed by atoms with Crippen LogP contribution in [0.2, 0.25) is 0 Å². The number of carboxylic acid groups (broad SMARTS) is 1. The average molecular weight is 334 g/mol. The van der Waals surface area contributed by atoms with Gasteiger partial charge in [0.05, 0.1) is 0 Å². The van der Waals surface area contributed by atoms with Gasteiger partial charge in [-0.3, -0.25) is 9.32 Å². The number of carbonyl (C=O) groups is 2. The molecule has 5 atom stereocenters. The molecule has 0 saturated heterocycles. The molecule has 0 saturated carbocycles. The summed E-state index contributed by atoms with van der Waals surface area (Å²) < 4.78 is 14.1. The van der Waals surface area contributed by atoms with Crippen molar-refractivity contribution in [1.82, 2.24) is 0 Å². The van der Waals surface area contributed by atoms with E-state index in [1.807, 2.05) is 0 Å². The van der Waals surface area contributed by atoms with Crippen molar-refractivity contribution >= 4 is 19.6 Å². The highest BCUT2D eigenvalue weighted by Gasteiger charge is 2.39. The van der Waals surface area contributed by atoms with Crippen LogP contribution in [0.1, 0.15) is 0 Å². The zero-order chi connectivity index (χ0) is 17.0. The van der Waals surface area contributed by atoms with Crippen LogP contribution in [0.4, 0.5) is 0 Å². The number of aliphatic carboxylic acids is 1. The number of rotatable bonds is 9. The van der Waals surface area contributed by atoms with Gasteiger partial charge < -0.3 is 40.4 Å². The summed E-state index contributed by atoms with van der Waals surface area (Å²) >= 11 is 0. The van der Waals surface area contributed by atoms with E-state index in [9.17, 15) is 34.6 Å². The maximum absolute atomic E-state index is 11.2. The third-order valence-electron chi connectivity index (χ3n) is 2.30. The quantitative estimate of drug-likeness (QED) is 0.187. The van der Waals surface area contributed by atoms with Gasteiger partial charge in [-0.2, -0.15) is 0 Å². The summed E-state index contributed by atoms with van der Waals surface area (Å²) in [5, 5.41) is 54.5. The van der Waals surface area contributed by atoms with E-state index >= 15 is 0 Å². The molecule has 0 unspecified atom stereocenters. The Kier molecular flexibility index (Phi) is 7.53. The number of hydrogen-bond donors (Lipinski definition) is 8. The van der Waals surface area contributed by atoms with Crippen LogP contribution in [0.25, 0.3) is 0 Å². The van der Waals surface area contributed by atoms with Crippen molar-refractivity contribution < 1.29 is 59.1 Å². The second kappa shape index (κ2) is 7.89. The predicted octanol–water partition coefficient (Wildman–Crippen LogP) is -4.45. The normalized spacial score (nSPS) is 19.4. The third-order valence-corrected chi connectivity index (χ3v) is 2.77. The summed E-state index contributed by atoms with van der Waals surface area (Å²) in [6.07, 6.45) is -12.2. The minimum absolute atomic E-state index is 1.31. The van der Waals surface area contributed by atoms with E-state index in [0.29, 0.717) is 0 Å². The number of phosphoric acid groups is 1. The number of aliphatic hydroxyl groups is 5. The van der Waals surface area contributed by atoms with Gasteiger partial charge in [-0.15, -0.1) is 0 Å². The molecule has 0 aromatic carbocycles. The molecule has 0 aliphatic heterocycles. The molecule has 0 aliphatic carbocycles. The Morgan fingerprint density at radius 3 is 1.71 bits per heavy atom. The van der Waals surface area contributed by atoms with Crippen molar-refractivity contribution in [2.45, 2.75) is 30.5 Å². The first-order valence-corrected chi connectivity index (χ1v) is 6.77. The van der Waals surface area contributed by atoms with E-state index in [4.69, 9.17) is 20.0 Å². The molecule has 124 valence electrons. The Balaban J connectivity index is 4.68. The lowest BCUT2D eigenvalue weighted by Gasteiger charge is -2.27. The maximum atomic E-state index is 11.2. The summed E-state index contributed by atoms with van der Waals surface area (Å²) in [5.74, 6) is -3.39. The lowest BCUT2D eigenvalue weighted by atomic mass is 9.97. The number of phosphoric ester groups is 1. The van der Waals surface area contributed by atoms with Gasteiger partial charge in [0.1, 0.15) is 31.0 Å². The van der Waals surface area contributed by atoms with Gasteiger partial charge in [-0.05, 0) is 0 Å². The van der Waals surface area contributed by atoms with Gasteiger partial charge in [0.15, 0.2) is 11.9 Å². The van der Waals surface area contributed by atoms with Crippen LogP contribution in [-0.4, -0.2) is 89.3 Å². The van der Waals surface area contributed by atoms with Gasteiger partial charge in [0.25, 0.3) is 0 Å². The lowest BCUT2D eigenvalue weighted by Crippen LogP contribution is -2.53. The van der Waals surface area contributed by atoms with Gasteiger partial charge in [-0.25, -0.2) is 9.36 Å². The SMILES string of the molecule is O=C(COP(=O)(O)O)[C@@H](O)[C@H](O)[C@H](O)[C@@H](O)[C@@H](O)C(=O)O. The standard InChI is InChI=1S/C8H15O12P/c9-2(1-20-21(17,18)19)3(10)4(11)5(12)6(13)7(14)8(15)16/h3-7,10-14H,1H2,(H,15,16)(H2,17,18,19)/t3-,4+,5+,6-,7-/m1/s1. The lowest BCUT2D eigenvalue weighted by molar-refractivity contribution is -0.170. The molecule has 0 fully saturated rings. The predicted molar refractivity (Wildman–Crippen MR) is 60.7 cm³/mol. The van der Waals surface area contributed by atoms with E-state index < -0.39 is 56.7 Å². The molecule has 8 N–H and O–H groups in total. The zero-order valence-electron chi connectivity index (χ0n) is 10.3. The van der Waals surface area contributed by atoms with E-state index in [1.165, 1.54) is 0 Å². The number of ketones is 1. The molecule has 0 spiro atoms. The minimum atomic E-state index is -5.00. The number of carbonyl (C=O) groups excluding carboxylic acids is 1. The topological polar surface area (TPSA) is 222 Å². The van der Waals surface area contributed by atoms with Crippen LogP contribution >= 0.6 is 7.82 Å². The van der Waals surface area contributed by atoms with E-state index in [1.54, 1.807) is 0 Å². The van der Waals surface area contributed by atoms with Crippen molar-refractivity contribution in [3.63, 3.8) is 0 Å². The van der Waals surface area contributed by atoms with Crippen molar-refractivity contribution in [3.05, 3.63) is 0 Å². The molecule has 0 amide bonds. The summed E-state index contributed by atoms with van der Waals surface area (Å²) in [7, 11) is -5.00. The average Bonchev–Trinajstić information content (AvgIpc) is 2.39. The van der Waals surface area contributed by atoms with Crippen LogP contribution in [-0.2, 0) is 18.7 Å². The largest absolute Gasteiger partial charge is 0.479 e. The molecular weight excluding hydrogens is 319 g/mol. The van der Waals surface area contributed by atoms with Gasteiger partial charge in [0.2, 0.25) is 0 Å². The van der Waals surface area contributed by atoms with Crippen molar-refractivity contribution in [3.8, 4) is 0 Å². The summed E-state index contributed by atoms with van der Waals surface area (Å²) in [6, 6.07) is 0. The van der Waals surface area contributed by atoms with Crippen LogP contribution in [0, 0.1) is 0 Å². The van der Waals surface area contributed by atoms with E-state index in [-0.39, 0.29) is 0 Å². The van der Waals surface area contributed by atoms with Crippen molar-refractivity contribution in [1.29, 1.82) is 0 Å². The zero-order valence-corrected chi connectivity index (χ0v) is 11.1. The van der Waals surface area contributed by atoms with Crippen molar-refractivity contribution in [2.24, 2.45) is 0 Å². The molecule has 0 aromatic rings. The highest BCUT2D eigenvalue weighted by molar-refractivity contribution is 7.46. The molecule has 0 radical (unpaired) electrons. The van der Waals surface area contributed by atoms with E-state index in [0.717, 1.165) is 0 Å². The fraction of sp³-hybridized carbons (Fsp3) is 0.750. The molecule has 0 aliphatic rings. The Morgan fingerprint density at radius 2 is 1.33 bits per heavy atom. The highest BCUT2D eigenvalue weighted by Crippen LogP contribution is 2.35. The molecule has 0 bridgehead atoms. The van der Waals surface area contributed by atoms with Crippen LogP contribution in [0.5, 0.6) is 0 Å². The molecule has 12 nitrogen and oxygen atoms in total. The fourth-order valence-electron chi connectivity index (χ4n) is 1.15. The second-order valence-corrected chi connectivity index (χ2v) is 5.17. The molecular formula is C8H15O12P. The first-order chi connectivity index (χ1) is 9.38. The summed E-state index contributed by atoms with van der Waals surface area (Å²) in [5.41, 5.74) is 0. The van der Waals surface area contributed by atoms with Crippen LogP contribution in [0.15, 0.2) is 0 Å². The first kappa shape index (κ1) is 20.1. The molecule has 21 heavy (non-hydrogen) atoms. The number of aliphatic hydroxyl groups excluding tert-OH is 5. The monoisotopic (exact) mass is 334 g/mol. The summed E-state index contributed by atoms with van der Waals surface area (Å²) in [6.45, 7) is -1.31. The first-order valence-electron chi connectivity index (χ1n) is 5.24. The van der Waals surface area contributed by atoms with Gasteiger partial charge in [-0.1, -0.05) is 0 Å². The Hall–Kier alpha value is -0.950. The van der Waals surface area contributed by atoms with Gasteiger partial charge in [0, 0.05) is 0 Å². The maximum Gasteiger partial charge on any atom is 0.470 e.